The maximum Gasteiger partial charge on any atom is 0.317 e. The van der Waals surface area contributed by atoms with Crippen LogP contribution in [0.3, 0.4) is 0 Å². The molecule has 0 bridgehead atoms. The van der Waals surface area contributed by atoms with Gasteiger partial charge in [0.05, 0.1) is 0 Å². The number of rotatable bonds is 2. The molecule has 0 aromatic heterocycles. The first-order valence-corrected chi connectivity index (χ1v) is 6.30. The van der Waals surface area contributed by atoms with Crippen LogP contribution in [0.25, 0.3) is 0 Å². The Morgan fingerprint density at radius 1 is 1.07 bits per heavy atom. The van der Waals surface area contributed by atoms with Crippen molar-refractivity contribution in [3.8, 4) is 0 Å². The zero-order valence-corrected chi connectivity index (χ0v) is 9.67. The molecular weight excluding hydrogens is 188 g/mol. The average Bonchev–Trinajstić information content (AvgIpc) is 2.16. The van der Waals surface area contributed by atoms with Crippen LogP contribution >= 0.6 is 0 Å². The van der Waals surface area contributed by atoms with Gasteiger partial charge in [0.1, 0.15) is 0 Å². The molecule has 0 atom stereocenters. The van der Waals surface area contributed by atoms with Crippen LogP contribution in [-0.4, -0.2) is 30.1 Å². The number of nitrogens with one attached hydrogen (secondary N) is 1. The van der Waals surface area contributed by atoms with Crippen LogP contribution in [0.4, 0.5) is 4.79 Å². The topological polar surface area (TPSA) is 32.3 Å². The van der Waals surface area contributed by atoms with Gasteiger partial charge >= 0.3 is 6.03 Å². The first-order valence-electron chi connectivity index (χ1n) is 6.30. The molecule has 2 amide bonds. The molecule has 0 unspecified atom stereocenters. The largest absolute Gasteiger partial charge is 0.335 e. The van der Waals surface area contributed by atoms with Gasteiger partial charge in [-0.05, 0) is 32.1 Å². The lowest BCUT2D eigenvalue weighted by Crippen LogP contribution is -2.49. The summed E-state index contributed by atoms with van der Waals surface area (Å²) >= 11 is 0. The summed E-state index contributed by atoms with van der Waals surface area (Å²) in [7, 11) is 1.93. The van der Waals surface area contributed by atoms with Gasteiger partial charge in [0.2, 0.25) is 0 Å². The van der Waals surface area contributed by atoms with Crippen LogP contribution in [0.15, 0.2) is 0 Å². The van der Waals surface area contributed by atoms with Gasteiger partial charge in [-0.25, -0.2) is 4.79 Å². The van der Waals surface area contributed by atoms with Crippen LogP contribution in [0.1, 0.15) is 51.4 Å². The van der Waals surface area contributed by atoms with Gasteiger partial charge in [0, 0.05) is 19.1 Å². The summed E-state index contributed by atoms with van der Waals surface area (Å²) in [6.45, 7) is 0. The minimum absolute atomic E-state index is 0.145. The molecule has 2 aliphatic carbocycles. The molecule has 2 saturated carbocycles. The van der Waals surface area contributed by atoms with Gasteiger partial charge < -0.3 is 10.2 Å². The standard InChI is InChI=1S/C12H22N2O/c1-14(11-8-5-9-11)12(15)13-10-6-3-2-4-7-10/h10-11H,2-9H2,1H3,(H,13,15). The van der Waals surface area contributed by atoms with Gasteiger partial charge in [-0.2, -0.15) is 0 Å². The third-order valence-corrected chi connectivity index (χ3v) is 3.88. The molecule has 86 valence electrons. The molecular formula is C12H22N2O. The summed E-state index contributed by atoms with van der Waals surface area (Å²) < 4.78 is 0. The highest BCUT2D eigenvalue weighted by Gasteiger charge is 2.26. The van der Waals surface area contributed by atoms with Gasteiger partial charge in [-0.1, -0.05) is 19.3 Å². The lowest BCUT2D eigenvalue weighted by atomic mass is 9.92. The molecule has 0 aromatic rings. The SMILES string of the molecule is CN(C(=O)NC1CCCCC1)C1CCC1. The second kappa shape index (κ2) is 4.86. The van der Waals surface area contributed by atoms with Crippen LogP contribution < -0.4 is 5.32 Å². The van der Waals surface area contributed by atoms with Crippen molar-refractivity contribution in [1.29, 1.82) is 0 Å². The first kappa shape index (κ1) is 10.8. The van der Waals surface area contributed by atoms with Crippen molar-refractivity contribution in [1.82, 2.24) is 10.2 Å². The molecule has 0 aromatic carbocycles. The fourth-order valence-corrected chi connectivity index (χ4v) is 2.46. The van der Waals surface area contributed by atoms with Crippen LogP contribution in [0.5, 0.6) is 0 Å². The monoisotopic (exact) mass is 210 g/mol. The van der Waals surface area contributed by atoms with Gasteiger partial charge in [0.15, 0.2) is 0 Å². The maximum atomic E-state index is 11.9. The third-order valence-electron chi connectivity index (χ3n) is 3.88. The van der Waals surface area contributed by atoms with Crippen molar-refractivity contribution in [2.24, 2.45) is 0 Å². The lowest BCUT2D eigenvalue weighted by molar-refractivity contribution is 0.152. The van der Waals surface area contributed by atoms with E-state index in [0.717, 1.165) is 0 Å². The molecule has 0 heterocycles. The third kappa shape index (κ3) is 2.64. The van der Waals surface area contributed by atoms with E-state index in [1.165, 1.54) is 51.4 Å². The van der Waals surface area contributed by atoms with E-state index in [4.69, 9.17) is 0 Å². The van der Waals surface area contributed by atoms with E-state index >= 15 is 0 Å². The van der Waals surface area contributed by atoms with Gasteiger partial charge in [-0.3, -0.25) is 0 Å². The molecule has 15 heavy (non-hydrogen) atoms. The van der Waals surface area contributed by atoms with Crippen molar-refractivity contribution >= 4 is 6.03 Å². The number of hydrogen-bond donors (Lipinski definition) is 1. The highest BCUT2D eigenvalue weighted by atomic mass is 16.2. The Labute approximate surface area is 92.2 Å². The van der Waals surface area contributed by atoms with Gasteiger partial charge in [-0.15, -0.1) is 0 Å². The van der Waals surface area contributed by atoms with E-state index in [9.17, 15) is 4.79 Å². The second-order valence-electron chi connectivity index (χ2n) is 4.98. The molecule has 0 radical (unpaired) electrons. The number of urea groups is 1. The van der Waals surface area contributed by atoms with E-state index < -0.39 is 0 Å². The zero-order chi connectivity index (χ0) is 10.7. The summed E-state index contributed by atoms with van der Waals surface area (Å²) in [6.07, 6.45) is 9.89. The predicted molar refractivity (Wildman–Crippen MR) is 60.8 cm³/mol. The van der Waals surface area contributed by atoms with Crippen LogP contribution in [-0.2, 0) is 0 Å². The van der Waals surface area contributed by atoms with Crippen molar-refractivity contribution in [3.05, 3.63) is 0 Å². The minimum Gasteiger partial charge on any atom is -0.335 e. The smallest absolute Gasteiger partial charge is 0.317 e. The molecule has 0 spiro atoms. The Balaban J connectivity index is 1.74. The average molecular weight is 210 g/mol. The fraction of sp³-hybridized carbons (Fsp3) is 0.917. The van der Waals surface area contributed by atoms with Gasteiger partial charge in [0.25, 0.3) is 0 Å². The number of amides is 2. The molecule has 2 fully saturated rings. The highest BCUT2D eigenvalue weighted by Crippen LogP contribution is 2.24. The van der Waals surface area contributed by atoms with E-state index in [2.05, 4.69) is 5.32 Å². The molecule has 3 heteroatoms. The Morgan fingerprint density at radius 2 is 1.73 bits per heavy atom. The lowest BCUT2D eigenvalue weighted by Gasteiger charge is -2.36. The highest BCUT2D eigenvalue weighted by molar-refractivity contribution is 5.74. The maximum absolute atomic E-state index is 11.9. The second-order valence-corrected chi connectivity index (χ2v) is 4.98. The van der Waals surface area contributed by atoms with E-state index in [0.29, 0.717) is 12.1 Å². The Morgan fingerprint density at radius 3 is 2.27 bits per heavy atom. The molecule has 1 N–H and O–H groups in total. The van der Waals surface area contributed by atoms with Crippen molar-refractivity contribution in [3.63, 3.8) is 0 Å². The predicted octanol–water partition coefficient (Wildman–Crippen LogP) is 2.51. The van der Waals surface area contributed by atoms with E-state index in [1.807, 2.05) is 11.9 Å². The molecule has 2 rings (SSSR count). The van der Waals surface area contributed by atoms with Crippen LogP contribution in [0, 0.1) is 0 Å². The quantitative estimate of drug-likeness (QED) is 0.746. The molecule has 0 aliphatic heterocycles. The zero-order valence-electron chi connectivity index (χ0n) is 9.67. The Bertz CT molecular complexity index is 220. The number of nitrogens with zero attached hydrogens (tertiary/aromatic N) is 1. The summed E-state index contributed by atoms with van der Waals surface area (Å²) in [6, 6.07) is 1.09. The minimum atomic E-state index is 0.145. The molecule has 3 nitrogen and oxygen atoms in total. The Kier molecular flexibility index (Phi) is 3.49. The van der Waals surface area contributed by atoms with Crippen molar-refractivity contribution in [2.75, 3.05) is 7.05 Å². The number of carbonyl (C=O) groups excluding carboxylic acids is 1. The number of carbonyl (C=O) groups is 1. The van der Waals surface area contributed by atoms with Crippen LogP contribution in [0.2, 0.25) is 0 Å². The molecule has 2 aliphatic rings. The fourth-order valence-electron chi connectivity index (χ4n) is 2.46. The summed E-state index contributed by atoms with van der Waals surface area (Å²) in [5, 5.41) is 3.15. The van der Waals surface area contributed by atoms with E-state index in [-0.39, 0.29) is 6.03 Å². The summed E-state index contributed by atoms with van der Waals surface area (Å²) in [4.78, 5) is 13.8. The Hall–Kier alpha value is -0.730. The van der Waals surface area contributed by atoms with Crippen molar-refractivity contribution in [2.45, 2.75) is 63.5 Å². The van der Waals surface area contributed by atoms with E-state index in [1.54, 1.807) is 0 Å². The summed E-state index contributed by atoms with van der Waals surface area (Å²) in [5.74, 6) is 0. The normalized spacial score (nSPS) is 23.3. The summed E-state index contributed by atoms with van der Waals surface area (Å²) in [5.41, 5.74) is 0. The van der Waals surface area contributed by atoms with Crippen molar-refractivity contribution < 1.29 is 4.79 Å². The molecule has 0 saturated heterocycles. The first-order chi connectivity index (χ1) is 7.27. The number of hydrogen-bond acceptors (Lipinski definition) is 1.